The van der Waals surface area contributed by atoms with Crippen LogP contribution < -0.4 is 4.74 Å². The monoisotopic (exact) mass is 224 g/mol. The molecule has 0 N–H and O–H groups in total. The number of alkyl halides is 1. The van der Waals surface area contributed by atoms with Crippen LogP contribution in [0.4, 0.5) is 0 Å². The minimum Gasteiger partial charge on any atom is -0.489 e. The average molecular weight is 225 g/mol. The topological polar surface area (TPSA) is 26.3 Å². The molecule has 0 fully saturated rings. The number of halogens is 1. The summed E-state index contributed by atoms with van der Waals surface area (Å²) in [7, 11) is 0. The molecule has 0 aromatic heterocycles. The van der Waals surface area contributed by atoms with Crippen LogP contribution >= 0.6 is 11.6 Å². The Labute approximate surface area is 94.5 Å². The second kappa shape index (κ2) is 6.25. The van der Waals surface area contributed by atoms with Crippen molar-refractivity contribution < 1.29 is 9.53 Å². The summed E-state index contributed by atoms with van der Waals surface area (Å²) in [5.41, 5.74) is 0.608. The van der Waals surface area contributed by atoms with Crippen LogP contribution in [-0.2, 0) is 0 Å². The molecule has 2 nitrogen and oxygen atoms in total. The number of carbonyl (C=O) groups is 1. The second-order valence-corrected chi connectivity index (χ2v) is 3.30. The highest BCUT2D eigenvalue weighted by molar-refractivity contribution is 6.18. The SMILES string of the molecule is CC(=O)c1ccccc1OCC=CCCl. The van der Waals surface area contributed by atoms with Gasteiger partial charge in [-0.3, -0.25) is 4.79 Å². The molecule has 3 heteroatoms. The van der Waals surface area contributed by atoms with Gasteiger partial charge in [0.05, 0.1) is 5.56 Å². The van der Waals surface area contributed by atoms with Crippen molar-refractivity contribution in [2.24, 2.45) is 0 Å². The predicted octanol–water partition coefficient (Wildman–Crippen LogP) is 3.06. The van der Waals surface area contributed by atoms with Crippen LogP contribution in [0.1, 0.15) is 17.3 Å². The second-order valence-electron chi connectivity index (χ2n) is 2.99. The first-order valence-electron chi connectivity index (χ1n) is 4.69. The molecule has 0 unspecified atom stereocenters. The third-order valence-corrected chi connectivity index (χ3v) is 2.04. The van der Waals surface area contributed by atoms with Crippen LogP contribution in [0.15, 0.2) is 36.4 Å². The van der Waals surface area contributed by atoms with E-state index in [2.05, 4.69) is 0 Å². The van der Waals surface area contributed by atoms with Gasteiger partial charge in [0.2, 0.25) is 0 Å². The van der Waals surface area contributed by atoms with E-state index < -0.39 is 0 Å². The van der Waals surface area contributed by atoms with Crippen molar-refractivity contribution in [1.82, 2.24) is 0 Å². The molecule has 0 heterocycles. The first-order chi connectivity index (χ1) is 7.25. The number of ether oxygens (including phenoxy) is 1. The zero-order valence-electron chi connectivity index (χ0n) is 8.57. The van der Waals surface area contributed by atoms with E-state index in [1.807, 2.05) is 18.2 Å². The van der Waals surface area contributed by atoms with E-state index in [1.54, 1.807) is 18.2 Å². The summed E-state index contributed by atoms with van der Waals surface area (Å²) in [6, 6.07) is 7.19. The minimum absolute atomic E-state index is 0.00641. The molecule has 1 aromatic carbocycles. The van der Waals surface area contributed by atoms with E-state index in [0.717, 1.165) is 0 Å². The van der Waals surface area contributed by atoms with E-state index in [9.17, 15) is 4.79 Å². The molecule has 0 amide bonds. The zero-order chi connectivity index (χ0) is 11.1. The summed E-state index contributed by atoms with van der Waals surface area (Å²) in [6.45, 7) is 1.95. The molecule has 0 atom stereocenters. The lowest BCUT2D eigenvalue weighted by Gasteiger charge is -2.06. The molecule has 0 bridgehead atoms. The summed E-state index contributed by atoms with van der Waals surface area (Å²) < 4.78 is 5.43. The van der Waals surface area contributed by atoms with Crippen molar-refractivity contribution in [3.8, 4) is 5.75 Å². The molecule has 0 spiro atoms. The van der Waals surface area contributed by atoms with Crippen LogP contribution in [0.5, 0.6) is 5.75 Å². The van der Waals surface area contributed by atoms with E-state index in [1.165, 1.54) is 6.92 Å². The number of carbonyl (C=O) groups excluding carboxylic acids is 1. The van der Waals surface area contributed by atoms with Crippen LogP contribution in [0.3, 0.4) is 0 Å². The molecular formula is C12H13ClO2. The summed E-state index contributed by atoms with van der Waals surface area (Å²) in [6.07, 6.45) is 3.63. The van der Waals surface area contributed by atoms with E-state index in [0.29, 0.717) is 23.8 Å². The fraction of sp³-hybridized carbons (Fsp3) is 0.250. The third-order valence-electron chi connectivity index (χ3n) is 1.86. The van der Waals surface area contributed by atoms with E-state index in [4.69, 9.17) is 16.3 Å². The molecule has 0 aliphatic heterocycles. The molecule has 0 saturated carbocycles. The Balaban J connectivity index is 2.67. The van der Waals surface area contributed by atoms with Crippen LogP contribution in [0.2, 0.25) is 0 Å². The van der Waals surface area contributed by atoms with Crippen molar-refractivity contribution in [2.75, 3.05) is 12.5 Å². The smallest absolute Gasteiger partial charge is 0.163 e. The first kappa shape index (κ1) is 11.8. The maximum absolute atomic E-state index is 11.2. The average Bonchev–Trinajstić information content (AvgIpc) is 2.25. The number of rotatable bonds is 5. The first-order valence-corrected chi connectivity index (χ1v) is 5.23. The molecule has 15 heavy (non-hydrogen) atoms. The zero-order valence-corrected chi connectivity index (χ0v) is 9.33. The quantitative estimate of drug-likeness (QED) is 0.437. The van der Waals surface area contributed by atoms with Gasteiger partial charge < -0.3 is 4.74 Å². The van der Waals surface area contributed by atoms with Gasteiger partial charge in [0, 0.05) is 5.88 Å². The summed E-state index contributed by atoms with van der Waals surface area (Å²) in [5, 5.41) is 0. The summed E-state index contributed by atoms with van der Waals surface area (Å²) in [5.74, 6) is 1.09. The third kappa shape index (κ3) is 3.76. The van der Waals surface area contributed by atoms with Crippen molar-refractivity contribution in [3.05, 3.63) is 42.0 Å². The minimum atomic E-state index is 0.00641. The fourth-order valence-electron chi connectivity index (χ4n) is 1.15. The van der Waals surface area contributed by atoms with Gasteiger partial charge in [-0.2, -0.15) is 0 Å². The lowest BCUT2D eigenvalue weighted by atomic mass is 10.1. The molecule has 0 aliphatic rings. The van der Waals surface area contributed by atoms with Gasteiger partial charge in [0.25, 0.3) is 0 Å². The number of allylic oxidation sites excluding steroid dienone is 1. The Hall–Kier alpha value is -1.28. The summed E-state index contributed by atoms with van der Waals surface area (Å²) >= 11 is 5.47. The number of hydrogen-bond acceptors (Lipinski definition) is 2. The van der Waals surface area contributed by atoms with Gasteiger partial charge in [0.1, 0.15) is 12.4 Å². The largest absolute Gasteiger partial charge is 0.489 e. The Bertz CT molecular complexity index is 358. The number of ketones is 1. The van der Waals surface area contributed by atoms with Crippen LogP contribution in [0.25, 0.3) is 0 Å². The van der Waals surface area contributed by atoms with Crippen LogP contribution in [0, 0.1) is 0 Å². The van der Waals surface area contributed by atoms with Gasteiger partial charge in [-0.1, -0.05) is 24.3 Å². The van der Waals surface area contributed by atoms with Crippen molar-refractivity contribution in [2.45, 2.75) is 6.92 Å². The van der Waals surface area contributed by atoms with Gasteiger partial charge in [-0.25, -0.2) is 0 Å². The maximum atomic E-state index is 11.2. The molecule has 1 aromatic rings. The highest BCUT2D eigenvalue weighted by Crippen LogP contribution is 2.18. The highest BCUT2D eigenvalue weighted by atomic mass is 35.5. The van der Waals surface area contributed by atoms with Crippen molar-refractivity contribution in [1.29, 1.82) is 0 Å². The van der Waals surface area contributed by atoms with Crippen molar-refractivity contribution in [3.63, 3.8) is 0 Å². The number of hydrogen-bond donors (Lipinski definition) is 0. The normalized spacial score (nSPS) is 10.5. The highest BCUT2D eigenvalue weighted by Gasteiger charge is 2.05. The Morgan fingerprint density at radius 2 is 2.13 bits per heavy atom. The lowest BCUT2D eigenvalue weighted by Crippen LogP contribution is -2.00. The number of para-hydroxylation sites is 1. The van der Waals surface area contributed by atoms with Crippen LogP contribution in [-0.4, -0.2) is 18.3 Å². The summed E-state index contributed by atoms with van der Waals surface area (Å²) in [4.78, 5) is 11.2. The van der Waals surface area contributed by atoms with Gasteiger partial charge in [-0.15, -0.1) is 11.6 Å². The Morgan fingerprint density at radius 3 is 2.80 bits per heavy atom. The van der Waals surface area contributed by atoms with Gasteiger partial charge >= 0.3 is 0 Å². The maximum Gasteiger partial charge on any atom is 0.163 e. The van der Waals surface area contributed by atoms with E-state index in [-0.39, 0.29) is 5.78 Å². The Kier molecular flexibility index (Phi) is 4.91. The molecule has 0 aliphatic carbocycles. The van der Waals surface area contributed by atoms with E-state index >= 15 is 0 Å². The predicted molar refractivity (Wildman–Crippen MR) is 61.8 cm³/mol. The lowest BCUT2D eigenvalue weighted by molar-refractivity contribution is 0.101. The fourth-order valence-corrected chi connectivity index (χ4v) is 1.28. The molecule has 80 valence electrons. The molecular weight excluding hydrogens is 212 g/mol. The Morgan fingerprint density at radius 1 is 1.40 bits per heavy atom. The molecule has 0 saturated heterocycles. The standard InChI is InChI=1S/C12H13ClO2/c1-10(14)11-6-2-3-7-12(11)15-9-5-4-8-13/h2-7H,8-9H2,1H3. The van der Waals surface area contributed by atoms with Gasteiger partial charge in [-0.05, 0) is 19.1 Å². The van der Waals surface area contributed by atoms with Crippen molar-refractivity contribution >= 4 is 17.4 Å². The molecule has 1 rings (SSSR count). The van der Waals surface area contributed by atoms with Gasteiger partial charge in [0.15, 0.2) is 5.78 Å². The number of benzene rings is 1. The molecule has 0 radical (unpaired) electrons. The number of Topliss-reactive ketones (excluding diaryl/α,β-unsaturated/α-hetero) is 1.